The van der Waals surface area contributed by atoms with Gasteiger partial charge in [-0.2, -0.15) is 0 Å². The van der Waals surface area contributed by atoms with Gasteiger partial charge in [0, 0.05) is 32.1 Å². The maximum atomic E-state index is 12.8. The highest BCUT2D eigenvalue weighted by atomic mass is 16.5. The van der Waals surface area contributed by atoms with Crippen molar-refractivity contribution >= 4 is 11.9 Å². The predicted octanol–water partition coefficient (Wildman–Crippen LogP) is 3.11. The molecule has 2 aliphatic rings. The van der Waals surface area contributed by atoms with Crippen LogP contribution >= 0.6 is 0 Å². The Morgan fingerprint density at radius 3 is 2.72 bits per heavy atom. The summed E-state index contributed by atoms with van der Waals surface area (Å²) in [6.07, 6.45) is 6.79. The molecule has 1 aromatic carbocycles. The Bertz CT molecular complexity index is 700. The standard InChI is InChI=1S/C23H36N4O2/c1-17-9-7-8-12-21(17)29-18(2)15-25-23(24-3)26-20-13-14-27(16-20)22(28)19-10-5-4-6-11-19/h7-9,12,18-20H,4-6,10-11,13-16H2,1-3H3,(H2,24,25,26). The van der Waals surface area contributed by atoms with E-state index in [-0.39, 0.29) is 18.1 Å². The molecule has 1 saturated heterocycles. The van der Waals surface area contributed by atoms with E-state index in [1.54, 1.807) is 7.05 Å². The Hall–Kier alpha value is -2.24. The summed E-state index contributed by atoms with van der Waals surface area (Å²) < 4.78 is 6.03. The first kappa shape index (κ1) is 21.5. The minimum atomic E-state index is 0.0163. The third-order valence-electron chi connectivity index (χ3n) is 6.00. The maximum absolute atomic E-state index is 12.8. The Morgan fingerprint density at radius 2 is 2.00 bits per heavy atom. The average Bonchev–Trinajstić information content (AvgIpc) is 3.21. The molecule has 2 fully saturated rings. The van der Waals surface area contributed by atoms with E-state index in [2.05, 4.69) is 28.6 Å². The number of nitrogens with zero attached hydrogens (tertiary/aromatic N) is 2. The van der Waals surface area contributed by atoms with Gasteiger partial charge in [0.1, 0.15) is 11.9 Å². The lowest BCUT2D eigenvalue weighted by Gasteiger charge is -2.26. The Balaban J connectivity index is 1.42. The number of likely N-dealkylation sites (tertiary alicyclic amines) is 1. The monoisotopic (exact) mass is 400 g/mol. The molecule has 2 unspecified atom stereocenters. The quantitative estimate of drug-likeness (QED) is 0.569. The molecule has 6 heteroatoms. The Labute approximate surface area is 175 Å². The van der Waals surface area contributed by atoms with E-state index in [0.717, 1.165) is 49.6 Å². The van der Waals surface area contributed by atoms with Gasteiger partial charge < -0.3 is 20.3 Å². The van der Waals surface area contributed by atoms with Crippen molar-refractivity contribution in [3.05, 3.63) is 29.8 Å². The van der Waals surface area contributed by atoms with Crippen LogP contribution in [-0.4, -0.2) is 55.6 Å². The van der Waals surface area contributed by atoms with Crippen LogP contribution in [0.3, 0.4) is 0 Å². The number of rotatable bonds is 6. The number of aryl methyl sites for hydroxylation is 1. The first-order chi connectivity index (χ1) is 14.1. The Kier molecular flexibility index (Phi) is 7.78. The summed E-state index contributed by atoms with van der Waals surface area (Å²) in [5.74, 6) is 2.29. The maximum Gasteiger partial charge on any atom is 0.225 e. The lowest BCUT2D eigenvalue weighted by atomic mass is 9.88. The third-order valence-corrected chi connectivity index (χ3v) is 6.00. The number of carbonyl (C=O) groups is 1. The van der Waals surface area contributed by atoms with Crippen LogP contribution in [0.4, 0.5) is 0 Å². The molecular formula is C23H36N4O2. The summed E-state index contributed by atoms with van der Waals surface area (Å²) in [7, 11) is 1.78. The van der Waals surface area contributed by atoms with Gasteiger partial charge in [-0.25, -0.2) is 0 Å². The summed E-state index contributed by atoms with van der Waals surface area (Å²) in [6, 6.07) is 8.30. The van der Waals surface area contributed by atoms with Gasteiger partial charge in [0.2, 0.25) is 5.91 Å². The van der Waals surface area contributed by atoms with Gasteiger partial charge in [-0.1, -0.05) is 37.5 Å². The number of benzene rings is 1. The predicted molar refractivity (Wildman–Crippen MR) is 117 cm³/mol. The van der Waals surface area contributed by atoms with Crippen LogP contribution in [0.1, 0.15) is 51.0 Å². The lowest BCUT2D eigenvalue weighted by Crippen LogP contribution is -2.47. The first-order valence-corrected chi connectivity index (χ1v) is 11.0. The number of nitrogens with one attached hydrogen (secondary N) is 2. The molecule has 1 heterocycles. The average molecular weight is 401 g/mol. The molecule has 0 spiro atoms. The number of carbonyl (C=O) groups excluding carboxylic acids is 1. The van der Waals surface area contributed by atoms with Crippen LogP contribution in [0.15, 0.2) is 29.3 Å². The van der Waals surface area contributed by atoms with Gasteiger partial charge in [-0.3, -0.25) is 9.79 Å². The minimum Gasteiger partial charge on any atom is -0.489 e. The zero-order valence-electron chi connectivity index (χ0n) is 18.1. The number of para-hydroxylation sites is 1. The van der Waals surface area contributed by atoms with Crippen LogP contribution in [-0.2, 0) is 4.79 Å². The van der Waals surface area contributed by atoms with Crippen molar-refractivity contribution in [1.29, 1.82) is 0 Å². The van der Waals surface area contributed by atoms with E-state index in [1.165, 1.54) is 19.3 Å². The van der Waals surface area contributed by atoms with Crippen LogP contribution in [0.25, 0.3) is 0 Å². The zero-order chi connectivity index (χ0) is 20.6. The summed E-state index contributed by atoms with van der Waals surface area (Å²) in [5.41, 5.74) is 1.13. The largest absolute Gasteiger partial charge is 0.489 e. The second kappa shape index (κ2) is 10.5. The van der Waals surface area contributed by atoms with Gasteiger partial charge in [0.05, 0.1) is 6.54 Å². The van der Waals surface area contributed by atoms with E-state index in [9.17, 15) is 4.79 Å². The Morgan fingerprint density at radius 1 is 1.24 bits per heavy atom. The van der Waals surface area contributed by atoms with E-state index < -0.39 is 0 Å². The fourth-order valence-corrected chi connectivity index (χ4v) is 4.26. The molecule has 3 rings (SSSR count). The fraction of sp³-hybridized carbons (Fsp3) is 0.652. The molecule has 1 amide bonds. The van der Waals surface area contributed by atoms with Gasteiger partial charge >= 0.3 is 0 Å². The number of hydrogen-bond acceptors (Lipinski definition) is 3. The molecular weight excluding hydrogens is 364 g/mol. The molecule has 1 saturated carbocycles. The minimum absolute atomic E-state index is 0.0163. The van der Waals surface area contributed by atoms with Crippen LogP contribution in [0.2, 0.25) is 0 Å². The highest BCUT2D eigenvalue weighted by molar-refractivity contribution is 5.81. The molecule has 6 nitrogen and oxygen atoms in total. The molecule has 1 aliphatic carbocycles. The molecule has 0 aromatic heterocycles. The van der Waals surface area contributed by atoms with Crippen molar-refractivity contribution < 1.29 is 9.53 Å². The van der Waals surface area contributed by atoms with Crippen LogP contribution in [0, 0.1) is 12.8 Å². The van der Waals surface area contributed by atoms with Gasteiger partial charge in [0.25, 0.3) is 0 Å². The summed E-state index contributed by atoms with van der Waals surface area (Å²) in [4.78, 5) is 19.1. The van der Waals surface area contributed by atoms with Crippen molar-refractivity contribution in [2.75, 3.05) is 26.7 Å². The van der Waals surface area contributed by atoms with Crippen molar-refractivity contribution in [2.45, 2.75) is 64.5 Å². The molecule has 0 bridgehead atoms. The number of guanidine groups is 1. The van der Waals surface area contributed by atoms with Crippen LogP contribution < -0.4 is 15.4 Å². The lowest BCUT2D eigenvalue weighted by molar-refractivity contribution is -0.135. The number of aliphatic imine (C=N–C) groups is 1. The number of hydrogen-bond donors (Lipinski definition) is 2. The van der Waals surface area contributed by atoms with Crippen molar-refractivity contribution in [3.63, 3.8) is 0 Å². The number of amides is 1. The molecule has 160 valence electrons. The SMILES string of the molecule is CN=C(NCC(C)Oc1ccccc1C)NC1CCN(C(=O)C2CCCCC2)C1. The van der Waals surface area contributed by atoms with E-state index in [1.807, 2.05) is 30.0 Å². The van der Waals surface area contributed by atoms with Gasteiger partial charge in [-0.15, -0.1) is 0 Å². The van der Waals surface area contributed by atoms with E-state index >= 15 is 0 Å². The fourth-order valence-electron chi connectivity index (χ4n) is 4.26. The summed E-state index contributed by atoms with van der Waals surface area (Å²) >= 11 is 0. The van der Waals surface area contributed by atoms with E-state index in [0.29, 0.717) is 12.5 Å². The number of ether oxygens (including phenoxy) is 1. The molecule has 2 N–H and O–H groups in total. The smallest absolute Gasteiger partial charge is 0.225 e. The van der Waals surface area contributed by atoms with Crippen LogP contribution in [0.5, 0.6) is 5.75 Å². The van der Waals surface area contributed by atoms with Crippen molar-refractivity contribution in [1.82, 2.24) is 15.5 Å². The molecule has 1 aliphatic heterocycles. The highest BCUT2D eigenvalue weighted by Crippen LogP contribution is 2.26. The van der Waals surface area contributed by atoms with Crippen molar-refractivity contribution in [2.24, 2.45) is 10.9 Å². The second-order valence-electron chi connectivity index (χ2n) is 8.40. The zero-order valence-corrected chi connectivity index (χ0v) is 18.1. The molecule has 2 atom stereocenters. The van der Waals surface area contributed by atoms with Crippen molar-refractivity contribution in [3.8, 4) is 5.75 Å². The normalized spacial score (nSPS) is 21.7. The van der Waals surface area contributed by atoms with E-state index in [4.69, 9.17) is 4.74 Å². The van der Waals surface area contributed by atoms with Gasteiger partial charge in [0.15, 0.2) is 5.96 Å². The molecule has 0 radical (unpaired) electrons. The molecule has 1 aromatic rings. The second-order valence-corrected chi connectivity index (χ2v) is 8.40. The third kappa shape index (κ3) is 6.12. The highest BCUT2D eigenvalue weighted by Gasteiger charge is 2.31. The van der Waals surface area contributed by atoms with Gasteiger partial charge in [-0.05, 0) is 44.7 Å². The summed E-state index contributed by atoms with van der Waals surface area (Å²) in [6.45, 7) is 6.37. The first-order valence-electron chi connectivity index (χ1n) is 11.0. The topological polar surface area (TPSA) is 66.0 Å². The molecule has 29 heavy (non-hydrogen) atoms. The summed E-state index contributed by atoms with van der Waals surface area (Å²) in [5, 5.41) is 6.83.